The van der Waals surface area contributed by atoms with Gasteiger partial charge in [0.05, 0.1) is 13.0 Å². The van der Waals surface area contributed by atoms with E-state index in [0.29, 0.717) is 19.6 Å². The predicted octanol–water partition coefficient (Wildman–Crippen LogP) is 0.929. The molecule has 0 saturated heterocycles. The van der Waals surface area contributed by atoms with Crippen molar-refractivity contribution < 1.29 is 14.3 Å². The maximum absolute atomic E-state index is 10.8. The van der Waals surface area contributed by atoms with Crippen molar-refractivity contribution in [2.45, 2.75) is 6.42 Å². The molecule has 0 bridgehead atoms. The van der Waals surface area contributed by atoms with E-state index >= 15 is 0 Å². The number of carbonyl (C=O) groups excluding carboxylic acids is 1. The third-order valence-electron chi connectivity index (χ3n) is 1.06. The molecule has 0 radical (unpaired) electrons. The molecule has 0 aromatic heterocycles. The third-order valence-corrected chi connectivity index (χ3v) is 1.67. The summed E-state index contributed by atoms with van der Waals surface area (Å²) in [4.78, 5) is 10.8. The molecule has 4 heteroatoms. The lowest BCUT2D eigenvalue weighted by Crippen LogP contribution is -2.09. The molecule has 0 aromatic carbocycles. The molecule has 0 aliphatic carbocycles. The molecule has 66 valence electrons. The van der Waals surface area contributed by atoms with Gasteiger partial charge in [-0.3, -0.25) is 4.79 Å². The van der Waals surface area contributed by atoms with E-state index < -0.39 is 0 Å². The summed E-state index contributed by atoms with van der Waals surface area (Å²) in [5.41, 5.74) is 0. The van der Waals surface area contributed by atoms with E-state index in [-0.39, 0.29) is 5.97 Å². The summed E-state index contributed by atoms with van der Waals surface area (Å²) in [5, 5.41) is 0. The molecular formula is C7H14O3S. The molecule has 0 amide bonds. The summed E-state index contributed by atoms with van der Waals surface area (Å²) in [6, 6.07) is 0. The third kappa shape index (κ3) is 7.68. The Hall–Kier alpha value is -0.220. The van der Waals surface area contributed by atoms with Crippen molar-refractivity contribution in [2.24, 2.45) is 0 Å². The summed E-state index contributed by atoms with van der Waals surface area (Å²) in [7, 11) is 1.58. The van der Waals surface area contributed by atoms with Crippen LogP contribution in [-0.2, 0) is 14.3 Å². The second-order valence-corrected chi connectivity index (χ2v) is 2.94. The van der Waals surface area contributed by atoms with E-state index in [1.807, 2.05) is 6.26 Å². The number of esters is 1. The summed E-state index contributed by atoms with van der Waals surface area (Å²) in [6.07, 6.45) is 2.45. The molecule has 0 unspecified atom stereocenters. The molecule has 0 fully saturated rings. The van der Waals surface area contributed by atoms with Crippen LogP contribution in [-0.4, -0.2) is 38.3 Å². The van der Waals surface area contributed by atoms with Crippen molar-refractivity contribution in [2.75, 3.05) is 32.3 Å². The first-order chi connectivity index (χ1) is 5.31. The van der Waals surface area contributed by atoms with Gasteiger partial charge in [-0.25, -0.2) is 0 Å². The molecular weight excluding hydrogens is 164 g/mol. The van der Waals surface area contributed by atoms with E-state index in [0.717, 1.165) is 5.75 Å². The van der Waals surface area contributed by atoms with Crippen molar-refractivity contribution in [3.05, 3.63) is 0 Å². The predicted molar refractivity (Wildman–Crippen MR) is 45.8 cm³/mol. The van der Waals surface area contributed by atoms with Crippen molar-refractivity contribution in [3.63, 3.8) is 0 Å². The Morgan fingerprint density at radius 2 is 2.18 bits per heavy atom. The highest BCUT2D eigenvalue weighted by Gasteiger charge is 1.99. The zero-order valence-corrected chi connectivity index (χ0v) is 7.78. The van der Waals surface area contributed by atoms with E-state index in [2.05, 4.69) is 0 Å². The lowest BCUT2D eigenvalue weighted by Gasteiger charge is -2.01. The van der Waals surface area contributed by atoms with E-state index in [9.17, 15) is 4.79 Å². The molecule has 11 heavy (non-hydrogen) atoms. The number of hydrogen-bond donors (Lipinski definition) is 0. The minimum absolute atomic E-state index is 0.142. The lowest BCUT2D eigenvalue weighted by atomic mass is 10.5. The average Bonchev–Trinajstić information content (AvgIpc) is 2.01. The number of carbonyl (C=O) groups is 1. The smallest absolute Gasteiger partial charge is 0.306 e. The van der Waals surface area contributed by atoms with E-state index in [4.69, 9.17) is 9.47 Å². The van der Waals surface area contributed by atoms with Crippen LogP contribution in [0.15, 0.2) is 0 Å². The Morgan fingerprint density at radius 1 is 1.45 bits per heavy atom. The van der Waals surface area contributed by atoms with Gasteiger partial charge >= 0.3 is 5.97 Å². The summed E-state index contributed by atoms with van der Waals surface area (Å²) >= 11 is 1.64. The number of ether oxygens (including phenoxy) is 2. The van der Waals surface area contributed by atoms with Gasteiger partial charge in [-0.1, -0.05) is 0 Å². The normalized spacial score (nSPS) is 9.64. The number of rotatable bonds is 6. The fourth-order valence-electron chi connectivity index (χ4n) is 0.496. The zero-order valence-electron chi connectivity index (χ0n) is 6.96. The Kier molecular flexibility index (Phi) is 7.72. The van der Waals surface area contributed by atoms with Crippen LogP contribution in [0.3, 0.4) is 0 Å². The van der Waals surface area contributed by atoms with Crippen LogP contribution < -0.4 is 0 Å². The second kappa shape index (κ2) is 7.88. The molecule has 0 N–H and O–H groups in total. The van der Waals surface area contributed by atoms with Crippen LogP contribution in [0.25, 0.3) is 0 Å². The fourth-order valence-corrected chi connectivity index (χ4v) is 0.867. The quantitative estimate of drug-likeness (QED) is 0.448. The highest BCUT2D eigenvalue weighted by Crippen LogP contribution is 1.96. The van der Waals surface area contributed by atoms with E-state index in [1.165, 1.54) is 0 Å². The maximum Gasteiger partial charge on any atom is 0.306 e. The molecule has 0 heterocycles. The average molecular weight is 178 g/mol. The first kappa shape index (κ1) is 10.8. The SMILES string of the molecule is COCCOC(=O)CCSC. The monoisotopic (exact) mass is 178 g/mol. The zero-order chi connectivity index (χ0) is 8.53. The van der Waals surface area contributed by atoms with Crippen molar-refractivity contribution in [1.82, 2.24) is 0 Å². The van der Waals surface area contributed by atoms with Crippen molar-refractivity contribution in [1.29, 1.82) is 0 Å². The van der Waals surface area contributed by atoms with Crippen LogP contribution in [0.4, 0.5) is 0 Å². The van der Waals surface area contributed by atoms with Crippen LogP contribution in [0.2, 0.25) is 0 Å². The highest BCUT2D eigenvalue weighted by molar-refractivity contribution is 7.98. The minimum Gasteiger partial charge on any atom is -0.463 e. The van der Waals surface area contributed by atoms with Gasteiger partial charge in [-0.2, -0.15) is 11.8 Å². The van der Waals surface area contributed by atoms with Gasteiger partial charge in [0.2, 0.25) is 0 Å². The first-order valence-corrected chi connectivity index (χ1v) is 4.84. The Balaban J connectivity index is 3.09. The number of hydrogen-bond acceptors (Lipinski definition) is 4. The topological polar surface area (TPSA) is 35.5 Å². The Labute approximate surface area is 71.4 Å². The van der Waals surface area contributed by atoms with Crippen LogP contribution in [0, 0.1) is 0 Å². The minimum atomic E-state index is -0.142. The summed E-state index contributed by atoms with van der Waals surface area (Å²) in [5.74, 6) is 0.683. The highest BCUT2D eigenvalue weighted by atomic mass is 32.2. The molecule has 0 aromatic rings. The van der Waals surface area contributed by atoms with Gasteiger partial charge in [0.25, 0.3) is 0 Å². The Bertz CT molecular complexity index is 106. The lowest BCUT2D eigenvalue weighted by molar-refractivity contribution is -0.144. The molecule has 0 aliphatic heterocycles. The van der Waals surface area contributed by atoms with Gasteiger partial charge in [-0.15, -0.1) is 0 Å². The van der Waals surface area contributed by atoms with Crippen molar-refractivity contribution >= 4 is 17.7 Å². The van der Waals surface area contributed by atoms with Gasteiger partial charge in [-0.05, 0) is 6.26 Å². The molecule has 0 spiro atoms. The number of methoxy groups -OCH3 is 1. The maximum atomic E-state index is 10.8. The molecule has 0 atom stereocenters. The van der Waals surface area contributed by atoms with E-state index in [1.54, 1.807) is 18.9 Å². The van der Waals surface area contributed by atoms with Gasteiger partial charge < -0.3 is 9.47 Å². The summed E-state index contributed by atoms with van der Waals surface area (Å²) in [6.45, 7) is 0.842. The summed E-state index contributed by atoms with van der Waals surface area (Å²) < 4.78 is 9.52. The van der Waals surface area contributed by atoms with Gasteiger partial charge in [0.15, 0.2) is 0 Å². The van der Waals surface area contributed by atoms with Crippen LogP contribution >= 0.6 is 11.8 Å². The van der Waals surface area contributed by atoms with Gasteiger partial charge in [0, 0.05) is 12.9 Å². The Morgan fingerprint density at radius 3 is 2.73 bits per heavy atom. The van der Waals surface area contributed by atoms with Crippen LogP contribution in [0.5, 0.6) is 0 Å². The van der Waals surface area contributed by atoms with Gasteiger partial charge in [0.1, 0.15) is 6.61 Å². The molecule has 0 rings (SSSR count). The fraction of sp³-hybridized carbons (Fsp3) is 0.857. The largest absolute Gasteiger partial charge is 0.463 e. The van der Waals surface area contributed by atoms with Crippen molar-refractivity contribution in [3.8, 4) is 0 Å². The van der Waals surface area contributed by atoms with Crippen LogP contribution in [0.1, 0.15) is 6.42 Å². The first-order valence-electron chi connectivity index (χ1n) is 3.44. The second-order valence-electron chi connectivity index (χ2n) is 1.96. The number of thioether (sulfide) groups is 1. The standard InChI is InChI=1S/C7H14O3S/c1-9-4-5-10-7(8)3-6-11-2/h3-6H2,1-2H3. The molecule has 0 aliphatic rings. The molecule has 0 saturated carbocycles. The molecule has 3 nitrogen and oxygen atoms in total.